The van der Waals surface area contributed by atoms with Crippen molar-refractivity contribution < 1.29 is 0 Å². The summed E-state index contributed by atoms with van der Waals surface area (Å²) in [6.07, 6.45) is 1.89. The molecule has 106 valence electrons. The summed E-state index contributed by atoms with van der Waals surface area (Å²) in [4.78, 5) is 7.18. The molecule has 3 rings (SSSR count). The third kappa shape index (κ3) is 2.69. The van der Waals surface area contributed by atoms with E-state index >= 15 is 0 Å². The maximum Gasteiger partial charge on any atom is 0.0746 e. The van der Waals surface area contributed by atoms with E-state index in [1.807, 2.05) is 12.3 Å². The van der Waals surface area contributed by atoms with Crippen LogP contribution in [0.15, 0.2) is 36.5 Å². The van der Waals surface area contributed by atoms with Gasteiger partial charge >= 0.3 is 0 Å². The number of pyridine rings is 1. The van der Waals surface area contributed by atoms with Gasteiger partial charge < -0.3 is 5.32 Å². The first kappa shape index (κ1) is 13.5. The standard InChI is InChI=1S/C17H23N3/c1-13(2)16-11-18-9-10-20(16)12-15-6-3-5-14-7-4-8-19-17(14)15/h3-8,13,16,18H,9-12H2,1-2H3. The number of hydrogen-bond donors (Lipinski definition) is 1. The minimum Gasteiger partial charge on any atom is -0.314 e. The van der Waals surface area contributed by atoms with Crippen LogP contribution in [0.2, 0.25) is 0 Å². The summed E-state index contributed by atoms with van der Waals surface area (Å²) in [6, 6.07) is 11.3. The van der Waals surface area contributed by atoms with E-state index in [4.69, 9.17) is 0 Å². The molecule has 0 aliphatic carbocycles. The van der Waals surface area contributed by atoms with E-state index in [9.17, 15) is 0 Å². The Morgan fingerprint density at radius 3 is 3.00 bits per heavy atom. The quantitative estimate of drug-likeness (QED) is 0.928. The zero-order chi connectivity index (χ0) is 13.9. The number of nitrogens with zero attached hydrogens (tertiary/aromatic N) is 2. The number of fused-ring (bicyclic) bond motifs is 1. The van der Waals surface area contributed by atoms with E-state index in [1.165, 1.54) is 10.9 Å². The Kier molecular flexibility index (Phi) is 3.99. The molecule has 1 aromatic heterocycles. The van der Waals surface area contributed by atoms with Gasteiger partial charge in [0.2, 0.25) is 0 Å². The highest BCUT2D eigenvalue weighted by Crippen LogP contribution is 2.21. The van der Waals surface area contributed by atoms with Crippen LogP contribution in [-0.4, -0.2) is 35.6 Å². The first-order valence-electron chi connectivity index (χ1n) is 7.53. The molecule has 0 spiro atoms. The molecule has 3 heteroatoms. The second-order valence-electron chi connectivity index (χ2n) is 5.98. The minimum absolute atomic E-state index is 0.614. The second kappa shape index (κ2) is 5.90. The summed E-state index contributed by atoms with van der Waals surface area (Å²) in [7, 11) is 0. The lowest BCUT2D eigenvalue weighted by Crippen LogP contribution is -2.52. The van der Waals surface area contributed by atoms with Gasteiger partial charge in [0.1, 0.15) is 0 Å². The van der Waals surface area contributed by atoms with Crippen LogP contribution in [0, 0.1) is 5.92 Å². The van der Waals surface area contributed by atoms with Gasteiger partial charge in [0.25, 0.3) is 0 Å². The molecule has 1 fully saturated rings. The van der Waals surface area contributed by atoms with Crippen molar-refractivity contribution in [1.82, 2.24) is 15.2 Å². The van der Waals surface area contributed by atoms with Crippen molar-refractivity contribution in [3.05, 3.63) is 42.1 Å². The third-order valence-corrected chi connectivity index (χ3v) is 4.26. The zero-order valence-electron chi connectivity index (χ0n) is 12.3. The topological polar surface area (TPSA) is 28.2 Å². The van der Waals surface area contributed by atoms with E-state index in [0.29, 0.717) is 12.0 Å². The van der Waals surface area contributed by atoms with Crippen LogP contribution in [0.4, 0.5) is 0 Å². The number of nitrogens with one attached hydrogen (secondary N) is 1. The van der Waals surface area contributed by atoms with E-state index in [-0.39, 0.29) is 0 Å². The van der Waals surface area contributed by atoms with Gasteiger partial charge in [-0.05, 0) is 17.5 Å². The molecule has 2 heterocycles. The molecular weight excluding hydrogens is 246 g/mol. The first-order chi connectivity index (χ1) is 9.75. The fraction of sp³-hybridized carbons (Fsp3) is 0.471. The fourth-order valence-corrected chi connectivity index (χ4v) is 3.13. The van der Waals surface area contributed by atoms with Crippen LogP contribution in [0.25, 0.3) is 10.9 Å². The van der Waals surface area contributed by atoms with Crippen LogP contribution in [-0.2, 0) is 6.54 Å². The molecule has 2 aromatic rings. The number of benzene rings is 1. The Morgan fingerprint density at radius 1 is 1.30 bits per heavy atom. The molecule has 1 saturated heterocycles. The molecule has 1 atom stereocenters. The van der Waals surface area contributed by atoms with Crippen LogP contribution >= 0.6 is 0 Å². The second-order valence-corrected chi connectivity index (χ2v) is 5.98. The molecule has 1 aromatic carbocycles. The Bertz CT molecular complexity index is 574. The molecule has 1 unspecified atom stereocenters. The molecule has 3 nitrogen and oxygen atoms in total. The van der Waals surface area contributed by atoms with Gasteiger partial charge in [-0.1, -0.05) is 38.1 Å². The summed E-state index contributed by atoms with van der Waals surface area (Å²) in [5.74, 6) is 0.672. The summed E-state index contributed by atoms with van der Waals surface area (Å²) in [5.41, 5.74) is 2.49. The maximum absolute atomic E-state index is 4.57. The predicted molar refractivity (Wildman–Crippen MR) is 83.6 cm³/mol. The fourth-order valence-electron chi connectivity index (χ4n) is 3.13. The van der Waals surface area contributed by atoms with Crippen LogP contribution < -0.4 is 5.32 Å². The van der Waals surface area contributed by atoms with Crippen molar-refractivity contribution >= 4 is 10.9 Å². The zero-order valence-corrected chi connectivity index (χ0v) is 12.3. The van der Waals surface area contributed by atoms with Gasteiger partial charge in [-0.2, -0.15) is 0 Å². The highest BCUT2D eigenvalue weighted by atomic mass is 15.2. The molecule has 20 heavy (non-hydrogen) atoms. The van der Waals surface area contributed by atoms with Gasteiger partial charge in [-0.3, -0.25) is 9.88 Å². The van der Waals surface area contributed by atoms with Gasteiger partial charge in [-0.15, -0.1) is 0 Å². The molecule has 0 amide bonds. The predicted octanol–water partition coefficient (Wildman–Crippen LogP) is 2.66. The molecular formula is C17H23N3. The van der Waals surface area contributed by atoms with Crippen LogP contribution in [0.5, 0.6) is 0 Å². The number of para-hydroxylation sites is 1. The van der Waals surface area contributed by atoms with Crippen molar-refractivity contribution in [3.8, 4) is 0 Å². The lowest BCUT2D eigenvalue weighted by Gasteiger charge is -2.38. The minimum atomic E-state index is 0.614. The van der Waals surface area contributed by atoms with E-state index in [2.05, 4.69) is 53.3 Å². The molecule has 1 aliphatic rings. The summed E-state index contributed by atoms with van der Waals surface area (Å²) in [6.45, 7) is 8.92. The maximum atomic E-state index is 4.57. The molecule has 0 saturated carbocycles. The van der Waals surface area contributed by atoms with Crippen molar-refractivity contribution in [2.24, 2.45) is 5.92 Å². The SMILES string of the molecule is CC(C)C1CNCCN1Cc1cccc2cccnc12. The van der Waals surface area contributed by atoms with E-state index < -0.39 is 0 Å². The first-order valence-corrected chi connectivity index (χ1v) is 7.53. The van der Waals surface area contributed by atoms with Crippen molar-refractivity contribution in [1.29, 1.82) is 0 Å². The van der Waals surface area contributed by atoms with Crippen molar-refractivity contribution in [3.63, 3.8) is 0 Å². The summed E-state index contributed by atoms with van der Waals surface area (Å²) >= 11 is 0. The molecule has 1 N–H and O–H groups in total. The van der Waals surface area contributed by atoms with E-state index in [0.717, 1.165) is 31.7 Å². The third-order valence-electron chi connectivity index (χ3n) is 4.26. The monoisotopic (exact) mass is 269 g/mol. The average Bonchev–Trinajstić information content (AvgIpc) is 2.48. The largest absolute Gasteiger partial charge is 0.314 e. The number of aromatic nitrogens is 1. The average molecular weight is 269 g/mol. The lowest BCUT2D eigenvalue weighted by molar-refractivity contribution is 0.117. The van der Waals surface area contributed by atoms with Gasteiger partial charge in [0.15, 0.2) is 0 Å². The smallest absolute Gasteiger partial charge is 0.0746 e. The number of rotatable bonds is 3. The molecule has 0 radical (unpaired) electrons. The highest BCUT2D eigenvalue weighted by Gasteiger charge is 2.25. The van der Waals surface area contributed by atoms with Crippen LogP contribution in [0.1, 0.15) is 19.4 Å². The van der Waals surface area contributed by atoms with Crippen molar-refractivity contribution in [2.75, 3.05) is 19.6 Å². The van der Waals surface area contributed by atoms with E-state index in [1.54, 1.807) is 0 Å². The number of piperazine rings is 1. The highest BCUT2D eigenvalue weighted by molar-refractivity contribution is 5.81. The van der Waals surface area contributed by atoms with Crippen molar-refractivity contribution in [2.45, 2.75) is 26.4 Å². The van der Waals surface area contributed by atoms with Gasteiger partial charge in [-0.25, -0.2) is 0 Å². The van der Waals surface area contributed by atoms with Gasteiger partial charge in [0.05, 0.1) is 5.52 Å². The number of hydrogen-bond acceptors (Lipinski definition) is 3. The summed E-state index contributed by atoms with van der Waals surface area (Å²) in [5, 5.41) is 4.75. The Balaban J connectivity index is 1.88. The lowest BCUT2D eigenvalue weighted by atomic mass is 9.99. The molecule has 1 aliphatic heterocycles. The molecule has 0 bridgehead atoms. The van der Waals surface area contributed by atoms with Crippen LogP contribution in [0.3, 0.4) is 0 Å². The van der Waals surface area contributed by atoms with Gasteiger partial charge in [0, 0.05) is 43.8 Å². The Hall–Kier alpha value is -1.45. The Labute approximate surface area is 121 Å². The Morgan fingerprint density at radius 2 is 2.15 bits per heavy atom. The normalized spacial score (nSPS) is 20.6. The summed E-state index contributed by atoms with van der Waals surface area (Å²) < 4.78 is 0.